The zero-order valence-electron chi connectivity index (χ0n) is 6.26. The molecular formula is C5H7NO5S2. The largest absolute Gasteiger partial charge is 0.480 e. The highest BCUT2D eigenvalue weighted by molar-refractivity contribution is 8.13. The molecule has 0 aliphatic heterocycles. The van der Waals surface area contributed by atoms with Crippen LogP contribution in [0.2, 0.25) is 0 Å². The normalized spacial score (nSPS) is 11.8. The standard InChI is InChI=1S/C5H7NO5S2/c7-3(2(12)4(8)9)6-1-13-5(10)11/h2,12H,1H2,(H,6,7)(H,8,9)(H,10,11). The number of thioether (sulfide) groups is 1. The van der Waals surface area contributed by atoms with Crippen molar-refractivity contribution >= 4 is 41.6 Å². The SMILES string of the molecule is O=C(O)SCNC(=O)C(S)C(=O)O. The van der Waals surface area contributed by atoms with Gasteiger partial charge in [0.15, 0.2) is 5.25 Å². The summed E-state index contributed by atoms with van der Waals surface area (Å²) in [6.45, 7) is 0. The highest BCUT2D eigenvalue weighted by atomic mass is 32.2. The van der Waals surface area contributed by atoms with E-state index in [2.05, 4.69) is 17.9 Å². The number of rotatable bonds is 4. The monoisotopic (exact) mass is 225 g/mol. The van der Waals surface area contributed by atoms with Crippen LogP contribution in [-0.4, -0.2) is 38.5 Å². The molecule has 3 N–H and O–H groups in total. The van der Waals surface area contributed by atoms with Gasteiger partial charge < -0.3 is 15.5 Å². The smallest absolute Gasteiger partial charge is 0.366 e. The summed E-state index contributed by atoms with van der Waals surface area (Å²) in [4.78, 5) is 30.9. The predicted molar refractivity (Wildman–Crippen MR) is 49.0 cm³/mol. The van der Waals surface area contributed by atoms with Gasteiger partial charge in [-0.3, -0.25) is 9.59 Å². The summed E-state index contributed by atoms with van der Waals surface area (Å²) >= 11 is 3.92. The van der Waals surface area contributed by atoms with Crippen molar-refractivity contribution in [2.24, 2.45) is 0 Å². The molecule has 0 fully saturated rings. The number of nitrogens with one attached hydrogen (secondary N) is 1. The number of carboxylic acids is 1. The molecule has 0 spiro atoms. The highest BCUT2D eigenvalue weighted by Crippen LogP contribution is 1.99. The zero-order valence-corrected chi connectivity index (χ0v) is 7.97. The number of hydrogen-bond acceptors (Lipinski definition) is 5. The summed E-state index contributed by atoms with van der Waals surface area (Å²) in [5, 5.41) is 15.9. The summed E-state index contributed by atoms with van der Waals surface area (Å²) in [7, 11) is 0. The molecule has 1 amide bonds. The van der Waals surface area contributed by atoms with Gasteiger partial charge in [0.25, 0.3) is 0 Å². The van der Waals surface area contributed by atoms with E-state index in [0.717, 1.165) is 0 Å². The van der Waals surface area contributed by atoms with E-state index < -0.39 is 22.4 Å². The molecule has 0 rings (SSSR count). The Balaban J connectivity index is 3.75. The van der Waals surface area contributed by atoms with Gasteiger partial charge in [0.1, 0.15) is 0 Å². The van der Waals surface area contributed by atoms with E-state index in [-0.39, 0.29) is 5.88 Å². The average molecular weight is 225 g/mol. The maximum absolute atomic E-state index is 10.8. The molecule has 0 aliphatic rings. The van der Waals surface area contributed by atoms with Crippen LogP contribution in [0.3, 0.4) is 0 Å². The third kappa shape index (κ3) is 5.36. The minimum Gasteiger partial charge on any atom is -0.480 e. The predicted octanol–water partition coefficient (Wildman–Crippen LogP) is -0.146. The Kier molecular flexibility index (Phi) is 5.31. The van der Waals surface area contributed by atoms with Crippen molar-refractivity contribution in [3.05, 3.63) is 0 Å². The topological polar surface area (TPSA) is 104 Å². The highest BCUT2D eigenvalue weighted by Gasteiger charge is 2.21. The van der Waals surface area contributed by atoms with Gasteiger partial charge in [-0.25, -0.2) is 4.79 Å². The maximum atomic E-state index is 10.8. The van der Waals surface area contributed by atoms with Gasteiger partial charge in [-0.05, 0) is 11.8 Å². The number of thiol groups is 1. The number of carbonyl (C=O) groups is 3. The molecule has 1 atom stereocenters. The summed E-state index contributed by atoms with van der Waals surface area (Å²) in [5.41, 5.74) is 0. The van der Waals surface area contributed by atoms with Gasteiger partial charge in [0, 0.05) is 0 Å². The summed E-state index contributed by atoms with van der Waals surface area (Å²) in [6, 6.07) is 0. The van der Waals surface area contributed by atoms with Crippen LogP contribution in [0.15, 0.2) is 0 Å². The second-order valence-corrected chi connectivity index (χ2v) is 3.28. The van der Waals surface area contributed by atoms with Crippen LogP contribution in [0.5, 0.6) is 0 Å². The van der Waals surface area contributed by atoms with Gasteiger partial charge >= 0.3 is 11.3 Å². The van der Waals surface area contributed by atoms with Gasteiger partial charge in [-0.1, -0.05) is 0 Å². The fourth-order valence-electron chi connectivity index (χ4n) is 0.378. The Morgan fingerprint density at radius 2 is 1.92 bits per heavy atom. The fourth-order valence-corrected chi connectivity index (χ4v) is 0.807. The first-order chi connectivity index (χ1) is 5.95. The quantitative estimate of drug-likeness (QED) is 0.301. The molecule has 0 radical (unpaired) electrons. The lowest BCUT2D eigenvalue weighted by molar-refractivity contribution is -0.139. The number of amides is 1. The van der Waals surface area contributed by atoms with Gasteiger partial charge in [0.05, 0.1) is 5.88 Å². The molecule has 13 heavy (non-hydrogen) atoms. The molecule has 0 heterocycles. The van der Waals surface area contributed by atoms with Crippen LogP contribution in [-0.2, 0) is 9.59 Å². The molecule has 0 saturated heterocycles. The van der Waals surface area contributed by atoms with Crippen LogP contribution in [0, 0.1) is 0 Å². The van der Waals surface area contributed by atoms with E-state index in [0.29, 0.717) is 11.8 Å². The molecule has 0 aliphatic carbocycles. The number of hydrogen-bond donors (Lipinski definition) is 4. The van der Waals surface area contributed by atoms with Crippen molar-refractivity contribution in [3.8, 4) is 0 Å². The molecular weight excluding hydrogens is 218 g/mol. The molecule has 0 saturated carbocycles. The lowest BCUT2D eigenvalue weighted by Gasteiger charge is -2.05. The Bertz CT molecular complexity index is 231. The van der Waals surface area contributed by atoms with E-state index in [1.165, 1.54) is 0 Å². The minimum absolute atomic E-state index is 0.182. The molecule has 0 aromatic rings. The number of carboxylic acid groups (broad SMARTS) is 2. The van der Waals surface area contributed by atoms with Crippen LogP contribution < -0.4 is 5.32 Å². The fraction of sp³-hybridized carbons (Fsp3) is 0.400. The number of carbonyl (C=O) groups excluding carboxylic acids is 1. The van der Waals surface area contributed by atoms with Crippen molar-refractivity contribution in [2.75, 3.05) is 5.88 Å². The second-order valence-electron chi connectivity index (χ2n) is 1.84. The van der Waals surface area contributed by atoms with Crippen molar-refractivity contribution in [1.29, 1.82) is 0 Å². The second kappa shape index (κ2) is 5.70. The van der Waals surface area contributed by atoms with E-state index in [1.807, 2.05) is 0 Å². The first-order valence-corrected chi connectivity index (χ1v) is 4.49. The third-order valence-electron chi connectivity index (χ3n) is 0.924. The lowest BCUT2D eigenvalue weighted by atomic mass is 10.4. The summed E-state index contributed by atoms with van der Waals surface area (Å²) in [5.74, 6) is -2.39. The van der Waals surface area contributed by atoms with Crippen LogP contribution in [0.25, 0.3) is 0 Å². The molecule has 0 aromatic heterocycles. The number of aliphatic carboxylic acids is 1. The van der Waals surface area contributed by atoms with Crippen LogP contribution in [0.4, 0.5) is 4.79 Å². The first-order valence-electron chi connectivity index (χ1n) is 2.99. The average Bonchev–Trinajstić information content (AvgIpc) is 2.02. The zero-order chi connectivity index (χ0) is 10.4. The summed E-state index contributed by atoms with van der Waals surface area (Å²) in [6.07, 6.45) is 0. The van der Waals surface area contributed by atoms with Crippen molar-refractivity contribution in [3.63, 3.8) is 0 Å². The van der Waals surface area contributed by atoms with Crippen LogP contribution in [0.1, 0.15) is 0 Å². The van der Waals surface area contributed by atoms with E-state index in [1.54, 1.807) is 0 Å². The molecule has 0 aromatic carbocycles. The molecule has 74 valence electrons. The molecule has 8 heteroatoms. The summed E-state index contributed by atoms with van der Waals surface area (Å²) < 4.78 is 0. The van der Waals surface area contributed by atoms with E-state index in [9.17, 15) is 14.4 Å². The minimum atomic E-state index is -1.46. The van der Waals surface area contributed by atoms with Crippen molar-refractivity contribution < 1.29 is 24.6 Å². The Morgan fingerprint density at radius 3 is 2.31 bits per heavy atom. The lowest BCUT2D eigenvalue weighted by Crippen LogP contribution is -2.36. The molecule has 6 nitrogen and oxygen atoms in total. The Labute approximate surface area is 83.1 Å². The molecule has 1 unspecified atom stereocenters. The van der Waals surface area contributed by atoms with Crippen molar-refractivity contribution in [1.82, 2.24) is 5.32 Å². The molecule has 0 bridgehead atoms. The van der Waals surface area contributed by atoms with E-state index >= 15 is 0 Å². The van der Waals surface area contributed by atoms with E-state index in [4.69, 9.17) is 10.2 Å². The third-order valence-corrected chi connectivity index (χ3v) is 1.92. The first kappa shape index (κ1) is 12.1. The van der Waals surface area contributed by atoms with Gasteiger partial charge in [-0.15, -0.1) is 0 Å². The Hall–Kier alpha value is -0.890. The van der Waals surface area contributed by atoms with Gasteiger partial charge in [-0.2, -0.15) is 12.6 Å². The maximum Gasteiger partial charge on any atom is 0.366 e. The van der Waals surface area contributed by atoms with Crippen molar-refractivity contribution in [2.45, 2.75) is 5.25 Å². The Morgan fingerprint density at radius 1 is 1.38 bits per heavy atom. The van der Waals surface area contributed by atoms with Crippen LogP contribution >= 0.6 is 24.4 Å². The van der Waals surface area contributed by atoms with Gasteiger partial charge in [0.2, 0.25) is 5.91 Å².